The fraction of sp³-hybridized carbons (Fsp3) is 0.917. The molecule has 1 aliphatic carbocycles. The first-order valence-corrected chi connectivity index (χ1v) is 6.58. The molecule has 2 aliphatic rings. The number of carbonyl (C=O) groups excluding carboxylic acids is 1. The van der Waals surface area contributed by atoms with Gasteiger partial charge >= 0.3 is 6.03 Å². The van der Waals surface area contributed by atoms with E-state index in [1.807, 2.05) is 4.90 Å². The maximum Gasteiger partial charge on any atom is 0.317 e. The Balaban J connectivity index is 1.73. The van der Waals surface area contributed by atoms with Crippen LogP contribution in [0, 0.1) is 0 Å². The summed E-state index contributed by atoms with van der Waals surface area (Å²) in [7, 11) is 0. The highest BCUT2D eigenvalue weighted by atomic mass is 16.2. The number of piperidine rings is 1. The first-order chi connectivity index (χ1) is 7.79. The molecule has 4 nitrogen and oxygen atoms in total. The smallest absolute Gasteiger partial charge is 0.317 e. The summed E-state index contributed by atoms with van der Waals surface area (Å²) in [5.41, 5.74) is 0. The zero-order valence-corrected chi connectivity index (χ0v) is 10.2. The Hall–Kier alpha value is -0.770. The van der Waals surface area contributed by atoms with Gasteiger partial charge in [-0.3, -0.25) is 0 Å². The number of nitrogens with one attached hydrogen (secondary N) is 2. The molecule has 1 saturated carbocycles. The van der Waals surface area contributed by atoms with E-state index in [0.717, 1.165) is 45.3 Å². The molecule has 0 bridgehead atoms. The summed E-state index contributed by atoms with van der Waals surface area (Å²) in [5.74, 6) is 0. The fourth-order valence-corrected chi connectivity index (χ4v) is 2.17. The van der Waals surface area contributed by atoms with E-state index in [1.165, 1.54) is 6.42 Å². The second-order valence-corrected chi connectivity index (χ2v) is 4.96. The molecular formula is C12H23N3O. The zero-order valence-electron chi connectivity index (χ0n) is 10.2. The van der Waals surface area contributed by atoms with E-state index in [1.54, 1.807) is 0 Å². The minimum absolute atomic E-state index is 0.144. The molecule has 1 heterocycles. The molecule has 0 aromatic carbocycles. The Morgan fingerprint density at radius 3 is 2.81 bits per heavy atom. The van der Waals surface area contributed by atoms with Crippen molar-refractivity contribution in [2.75, 3.05) is 19.6 Å². The van der Waals surface area contributed by atoms with Gasteiger partial charge in [-0.05, 0) is 38.6 Å². The van der Waals surface area contributed by atoms with Crippen molar-refractivity contribution in [3.05, 3.63) is 0 Å². The van der Waals surface area contributed by atoms with E-state index < -0.39 is 0 Å². The maximum atomic E-state index is 11.9. The number of hydrogen-bond donors (Lipinski definition) is 2. The van der Waals surface area contributed by atoms with Crippen molar-refractivity contribution in [2.45, 2.75) is 51.1 Å². The number of hydrogen-bond acceptors (Lipinski definition) is 2. The second kappa shape index (κ2) is 5.53. The Morgan fingerprint density at radius 2 is 2.12 bits per heavy atom. The van der Waals surface area contributed by atoms with Gasteiger partial charge < -0.3 is 15.5 Å². The summed E-state index contributed by atoms with van der Waals surface area (Å²) in [6.45, 7) is 5.03. The summed E-state index contributed by atoms with van der Waals surface area (Å²) >= 11 is 0. The zero-order chi connectivity index (χ0) is 11.4. The van der Waals surface area contributed by atoms with Crippen molar-refractivity contribution in [3.63, 3.8) is 0 Å². The third-order valence-corrected chi connectivity index (χ3v) is 3.30. The summed E-state index contributed by atoms with van der Waals surface area (Å²) in [6.07, 6.45) is 5.81. The van der Waals surface area contributed by atoms with Crippen LogP contribution < -0.4 is 10.6 Å². The van der Waals surface area contributed by atoms with Gasteiger partial charge in [0.25, 0.3) is 0 Å². The monoisotopic (exact) mass is 225 g/mol. The lowest BCUT2D eigenvalue weighted by Crippen LogP contribution is -2.51. The normalized spacial score (nSPS) is 25.6. The molecule has 4 heteroatoms. The van der Waals surface area contributed by atoms with Gasteiger partial charge in [0, 0.05) is 25.2 Å². The molecule has 0 aromatic rings. The third kappa shape index (κ3) is 3.37. The highest BCUT2D eigenvalue weighted by molar-refractivity contribution is 5.75. The van der Waals surface area contributed by atoms with Gasteiger partial charge in [-0.25, -0.2) is 4.79 Å². The molecule has 2 fully saturated rings. The SMILES string of the molecule is CCCNC1CCCN(C(=O)NC2CC2)C1. The third-order valence-electron chi connectivity index (χ3n) is 3.30. The average Bonchev–Trinajstić information content (AvgIpc) is 3.10. The minimum Gasteiger partial charge on any atom is -0.335 e. The van der Waals surface area contributed by atoms with Crippen LogP contribution in [0.15, 0.2) is 0 Å². The molecule has 1 aliphatic heterocycles. The van der Waals surface area contributed by atoms with Gasteiger partial charge in [-0.15, -0.1) is 0 Å². The lowest BCUT2D eigenvalue weighted by atomic mass is 10.1. The number of rotatable bonds is 4. The van der Waals surface area contributed by atoms with Crippen LogP contribution in [-0.2, 0) is 0 Å². The number of amides is 2. The number of nitrogens with zero attached hydrogens (tertiary/aromatic N) is 1. The van der Waals surface area contributed by atoms with Gasteiger partial charge in [-0.1, -0.05) is 6.92 Å². The average molecular weight is 225 g/mol. The van der Waals surface area contributed by atoms with Gasteiger partial charge in [0.1, 0.15) is 0 Å². The molecule has 0 radical (unpaired) electrons. The van der Waals surface area contributed by atoms with Gasteiger partial charge in [0.2, 0.25) is 0 Å². The summed E-state index contributed by atoms with van der Waals surface area (Å²) < 4.78 is 0. The van der Waals surface area contributed by atoms with Crippen molar-refractivity contribution in [2.24, 2.45) is 0 Å². The van der Waals surface area contributed by atoms with Crippen molar-refractivity contribution in [1.82, 2.24) is 15.5 Å². The van der Waals surface area contributed by atoms with Gasteiger partial charge in [0.15, 0.2) is 0 Å². The highest BCUT2D eigenvalue weighted by Crippen LogP contribution is 2.19. The molecule has 1 unspecified atom stereocenters. The van der Waals surface area contributed by atoms with Crippen LogP contribution in [-0.4, -0.2) is 42.6 Å². The molecular weight excluding hydrogens is 202 g/mol. The summed E-state index contributed by atoms with van der Waals surface area (Å²) in [4.78, 5) is 13.8. The van der Waals surface area contributed by atoms with Crippen molar-refractivity contribution >= 4 is 6.03 Å². The van der Waals surface area contributed by atoms with Crippen LogP contribution in [0.1, 0.15) is 39.0 Å². The van der Waals surface area contributed by atoms with E-state index in [-0.39, 0.29) is 6.03 Å². The highest BCUT2D eigenvalue weighted by Gasteiger charge is 2.28. The lowest BCUT2D eigenvalue weighted by Gasteiger charge is -2.33. The topological polar surface area (TPSA) is 44.4 Å². The summed E-state index contributed by atoms with van der Waals surface area (Å²) in [5, 5.41) is 6.56. The van der Waals surface area contributed by atoms with Crippen LogP contribution in [0.2, 0.25) is 0 Å². The van der Waals surface area contributed by atoms with Crippen LogP contribution in [0.5, 0.6) is 0 Å². The molecule has 0 aromatic heterocycles. The van der Waals surface area contributed by atoms with E-state index in [2.05, 4.69) is 17.6 Å². The first kappa shape index (κ1) is 11.7. The maximum absolute atomic E-state index is 11.9. The van der Waals surface area contributed by atoms with Crippen LogP contribution in [0.25, 0.3) is 0 Å². The minimum atomic E-state index is 0.144. The Kier molecular flexibility index (Phi) is 4.04. The lowest BCUT2D eigenvalue weighted by molar-refractivity contribution is 0.172. The van der Waals surface area contributed by atoms with Crippen LogP contribution in [0.3, 0.4) is 0 Å². The molecule has 16 heavy (non-hydrogen) atoms. The van der Waals surface area contributed by atoms with Gasteiger partial charge in [0.05, 0.1) is 0 Å². The van der Waals surface area contributed by atoms with Crippen LogP contribution >= 0.6 is 0 Å². The predicted octanol–water partition coefficient (Wildman–Crippen LogP) is 1.32. The molecule has 92 valence electrons. The van der Waals surface area contributed by atoms with Crippen molar-refractivity contribution < 1.29 is 4.79 Å². The van der Waals surface area contributed by atoms with Crippen molar-refractivity contribution in [3.8, 4) is 0 Å². The Morgan fingerprint density at radius 1 is 1.31 bits per heavy atom. The van der Waals surface area contributed by atoms with Crippen molar-refractivity contribution in [1.29, 1.82) is 0 Å². The quantitative estimate of drug-likeness (QED) is 0.758. The van der Waals surface area contributed by atoms with E-state index in [0.29, 0.717) is 12.1 Å². The Labute approximate surface area is 97.8 Å². The number of likely N-dealkylation sites (tertiary alicyclic amines) is 1. The van der Waals surface area contributed by atoms with Crippen LogP contribution in [0.4, 0.5) is 4.79 Å². The molecule has 0 spiro atoms. The standard InChI is InChI=1S/C12H23N3O/c1-2-7-13-11-4-3-8-15(9-11)12(16)14-10-5-6-10/h10-11,13H,2-9H2,1H3,(H,14,16). The molecule has 2 rings (SSSR count). The Bertz CT molecular complexity index is 240. The second-order valence-electron chi connectivity index (χ2n) is 4.96. The number of carbonyl (C=O) groups is 1. The first-order valence-electron chi connectivity index (χ1n) is 6.58. The van der Waals surface area contributed by atoms with E-state index >= 15 is 0 Å². The molecule has 1 atom stereocenters. The molecule has 2 amide bonds. The van der Waals surface area contributed by atoms with Gasteiger partial charge in [-0.2, -0.15) is 0 Å². The fourth-order valence-electron chi connectivity index (χ4n) is 2.17. The van der Waals surface area contributed by atoms with E-state index in [4.69, 9.17) is 0 Å². The van der Waals surface area contributed by atoms with E-state index in [9.17, 15) is 4.79 Å². The predicted molar refractivity (Wildman–Crippen MR) is 64.4 cm³/mol. The molecule has 2 N–H and O–H groups in total. The summed E-state index contributed by atoms with van der Waals surface area (Å²) in [6, 6.07) is 1.11. The largest absolute Gasteiger partial charge is 0.335 e. The number of urea groups is 1. The molecule has 1 saturated heterocycles.